The van der Waals surface area contributed by atoms with Gasteiger partial charge >= 0.3 is 37.9 Å². The molecule has 1 aliphatic rings. The van der Waals surface area contributed by atoms with Crippen molar-refractivity contribution in [2.45, 2.75) is 13.8 Å². The molecule has 0 saturated heterocycles. The van der Waals surface area contributed by atoms with Crippen molar-refractivity contribution in [3.05, 3.63) is 29.7 Å². The van der Waals surface area contributed by atoms with Crippen molar-refractivity contribution < 1.29 is 20.8 Å². The molecule has 1 radical (unpaired) electrons. The SMILES string of the molecule is CC1=C[CH]C=C1C.[Cl][Zr][Cl]. The van der Waals surface area contributed by atoms with Crippen LogP contribution in [-0.2, 0) is 20.8 Å². The molecule has 3 heteroatoms. The van der Waals surface area contributed by atoms with E-state index in [2.05, 4.69) is 32.4 Å². The van der Waals surface area contributed by atoms with E-state index >= 15 is 0 Å². The van der Waals surface area contributed by atoms with E-state index in [4.69, 9.17) is 17.0 Å². The fourth-order valence-corrected chi connectivity index (χ4v) is 0.600. The van der Waals surface area contributed by atoms with Crippen molar-refractivity contribution >= 4 is 17.0 Å². The summed E-state index contributed by atoms with van der Waals surface area (Å²) in [5, 5.41) is 0. The van der Waals surface area contributed by atoms with Crippen LogP contribution in [0.5, 0.6) is 0 Å². The Balaban J connectivity index is 0.000000236. The van der Waals surface area contributed by atoms with Crippen molar-refractivity contribution in [3.63, 3.8) is 0 Å². The average Bonchev–Trinajstić information content (AvgIpc) is 2.19. The summed E-state index contributed by atoms with van der Waals surface area (Å²) in [7, 11) is 9.87. The van der Waals surface area contributed by atoms with Gasteiger partial charge in [-0.1, -0.05) is 23.3 Å². The van der Waals surface area contributed by atoms with Gasteiger partial charge in [-0.05, 0) is 13.8 Å². The number of allylic oxidation sites excluding steroid dienone is 4. The third-order valence-electron chi connectivity index (χ3n) is 1.31. The van der Waals surface area contributed by atoms with Gasteiger partial charge in [0, 0.05) is 6.42 Å². The zero-order chi connectivity index (χ0) is 7.98. The second-order valence-corrected chi connectivity index (χ2v) is 5.70. The molecule has 10 heavy (non-hydrogen) atoms. The van der Waals surface area contributed by atoms with Gasteiger partial charge in [-0.2, -0.15) is 0 Å². The van der Waals surface area contributed by atoms with Gasteiger partial charge in [-0.15, -0.1) is 0 Å². The van der Waals surface area contributed by atoms with Crippen molar-refractivity contribution in [1.29, 1.82) is 0 Å². The predicted molar refractivity (Wildman–Crippen MR) is 43.5 cm³/mol. The molecule has 0 aromatic carbocycles. The Bertz CT molecular complexity index is 134. The average molecular weight is 255 g/mol. The van der Waals surface area contributed by atoms with Gasteiger partial charge in [-0.3, -0.25) is 0 Å². The van der Waals surface area contributed by atoms with E-state index < -0.39 is 20.8 Å². The molecular weight excluding hydrogens is 246 g/mol. The molecule has 55 valence electrons. The third-order valence-corrected chi connectivity index (χ3v) is 1.31. The van der Waals surface area contributed by atoms with Gasteiger partial charge in [0.15, 0.2) is 0 Å². The molecule has 0 nitrogen and oxygen atoms in total. The summed E-state index contributed by atoms with van der Waals surface area (Å²) in [6, 6.07) is 0. The minimum atomic E-state index is -0.826. The Kier molecular flexibility index (Phi) is 7.27. The molecule has 0 fully saturated rings. The van der Waals surface area contributed by atoms with Crippen LogP contribution >= 0.6 is 17.0 Å². The summed E-state index contributed by atoms with van der Waals surface area (Å²) in [5.41, 5.74) is 2.78. The topological polar surface area (TPSA) is 0 Å². The standard InChI is InChI=1S/C7H9.2ClH.Zr/c1-6-4-3-5-7(6)2;;;/h3-5H,1-2H3;2*1H;/q;;;+2/p-2. The van der Waals surface area contributed by atoms with Gasteiger partial charge in [-0.25, -0.2) is 0 Å². The molecule has 0 atom stereocenters. The van der Waals surface area contributed by atoms with Crippen LogP contribution < -0.4 is 0 Å². The van der Waals surface area contributed by atoms with E-state index in [1.54, 1.807) is 0 Å². The van der Waals surface area contributed by atoms with E-state index in [9.17, 15) is 0 Å². The summed E-state index contributed by atoms with van der Waals surface area (Å²) < 4.78 is 0. The van der Waals surface area contributed by atoms with Crippen LogP contribution in [0.2, 0.25) is 0 Å². The summed E-state index contributed by atoms with van der Waals surface area (Å²) in [6.07, 6.45) is 6.31. The Hall–Kier alpha value is 0.943. The first-order valence-corrected chi connectivity index (χ1v) is 9.20. The summed E-state index contributed by atoms with van der Waals surface area (Å²) in [6.45, 7) is 4.24. The molecule has 0 amide bonds. The summed E-state index contributed by atoms with van der Waals surface area (Å²) >= 11 is -0.826. The van der Waals surface area contributed by atoms with Gasteiger partial charge < -0.3 is 0 Å². The molecule has 0 bridgehead atoms. The molecule has 0 aliphatic heterocycles. The van der Waals surface area contributed by atoms with Crippen LogP contribution in [0, 0.1) is 6.42 Å². The molecule has 0 aromatic rings. The first kappa shape index (κ1) is 10.9. The Morgan fingerprint density at radius 3 is 1.50 bits per heavy atom. The van der Waals surface area contributed by atoms with Crippen LogP contribution in [0.25, 0.3) is 0 Å². The monoisotopic (exact) mass is 253 g/mol. The normalized spacial score (nSPS) is 14.8. The first-order chi connectivity index (χ1) is 4.72. The number of hydrogen-bond acceptors (Lipinski definition) is 0. The minimum absolute atomic E-state index is 0.826. The molecule has 1 aliphatic carbocycles. The second-order valence-electron chi connectivity index (χ2n) is 1.96. The molecule has 0 saturated carbocycles. The fraction of sp³-hybridized carbons (Fsp3) is 0.286. The van der Waals surface area contributed by atoms with Crippen LogP contribution in [0.1, 0.15) is 13.8 Å². The predicted octanol–water partition coefficient (Wildman–Crippen LogP) is 3.47. The summed E-state index contributed by atoms with van der Waals surface area (Å²) in [5.74, 6) is 0. The molecule has 0 aromatic heterocycles. The van der Waals surface area contributed by atoms with Crippen LogP contribution in [0.3, 0.4) is 0 Å². The molecule has 0 unspecified atom stereocenters. The zero-order valence-corrected chi connectivity index (χ0v) is 9.96. The number of rotatable bonds is 0. The summed E-state index contributed by atoms with van der Waals surface area (Å²) in [4.78, 5) is 0. The molecule has 0 N–H and O–H groups in total. The van der Waals surface area contributed by atoms with Crippen molar-refractivity contribution in [2.24, 2.45) is 0 Å². The first-order valence-electron chi connectivity index (χ1n) is 2.87. The maximum absolute atomic E-state index is 4.93. The van der Waals surface area contributed by atoms with E-state index in [0.717, 1.165) is 0 Å². The van der Waals surface area contributed by atoms with E-state index in [-0.39, 0.29) is 0 Å². The number of halogens is 2. The Morgan fingerprint density at radius 2 is 1.40 bits per heavy atom. The third kappa shape index (κ3) is 4.71. The van der Waals surface area contributed by atoms with E-state index in [0.29, 0.717) is 0 Å². The van der Waals surface area contributed by atoms with Gasteiger partial charge in [0.25, 0.3) is 0 Å². The fourth-order valence-electron chi connectivity index (χ4n) is 0.600. The Morgan fingerprint density at radius 1 is 1.10 bits per heavy atom. The second kappa shape index (κ2) is 6.64. The van der Waals surface area contributed by atoms with Crippen LogP contribution in [-0.4, -0.2) is 0 Å². The molecule has 1 rings (SSSR count). The van der Waals surface area contributed by atoms with Gasteiger partial charge in [0.1, 0.15) is 0 Å². The maximum atomic E-state index is 4.93. The van der Waals surface area contributed by atoms with Crippen molar-refractivity contribution in [3.8, 4) is 0 Å². The number of hydrogen-bond donors (Lipinski definition) is 0. The van der Waals surface area contributed by atoms with Gasteiger partial charge in [0.05, 0.1) is 0 Å². The van der Waals surface area contributed by atoms with Crippen molar-refractivity contribution in [1.82, 2.24) is 0 Å². The van der Waals surface area contributed by atoms with Gasteiger partial charge in [0.2, 0.25) is 0 Å². The zero-order valence-electron chi connectivity index (χ0n) is 5.99. The van der Waals surface area contributed by atoms with Crippen molar-refractivity contribution in [2.75, 3.05) is 0 Å². The molecular formula is C7H9Cl2Zr. The van der Waals surface area contributed by atoms with E-state index in [1.807, 2.05) is 0 Å². The van der Waals surface area contributed by atoms with Crippen LogP contribution in [0.4, 0.5) is 0 Å². The quantitative estimate of drug-likeness (QED) is 0.621. The Labute approximate surface area is 81.0 Å². The van der Waals surface area contributed by atoms with Crippen LogP contribution in [0.15, 0.2) is 23.3 Å². The van der Waals surface area contributed by atoms with E-state index in [1.165, 1.54) is 11.1 Å². The molecule has 0 spiro atoms. The molecule has 0 heterocycles.